The van der Waals surface area contributed by atoms with Crippen molar-refractivity contribution in [1.82, 2.24) is 14.7 Å². The molecule has 0 aliphatic carbocycles. The predicted octanol–water partition coefficient (Wildman–Crippen LogP) is 3.54. The highest BCUT2D eigenvalue weighted by molar-refractivity contribution is 5.97. The second-order valence-electron chi connectivity index (χ2n) is 10.0. The Labute approximate surface area is 206 Å². The topological polar surface area (TPSA) is 45.3 Å². The molecule has 0 unspecified atom stereocenters. The van der Waals surface area contributed by atoms with Gasteiger partial charge in [0, 0.05) is 11.6 Å². The summed E-state index contributed by atoms with van der Waals surface area (Å²) in [5.74, 6) is 1.43. The lowest BCUT2D eigenvalue weighted by atomic mass is 10.1. The maximum atomic E-state index is 13.6. The van der Waals surface area contributed by atoms with E-state index in [1.165, 1.54) is 0 Å². The van der Waals surface area contributed by atoms with Gasteiger partial charge in [0.2, 0.25) is 5.78 Å². The summed E-state index contributed by atoms with van der Waals surface area (Å²) >= 11 is 0. The average molecular weight is 472 g/mol. The van der Waals surface area contributed by atoms with E-state index >= 15 is 0 Å². The highest BCUT2D eigenvalue weighted by atomic mass is 16.5. The Kier molecular flexibility index (Phi) is 6.00. The summed E-state index contributed by atoms with van der Waals surface area (Å²) < 4.78 is 13.0. The number of hydrogen-bond donors (Lipinski definition) is 0. The number of benzene rings is 3. The van der Waals surface area contributed by atoms with Gasteiger partial charge in [-0.25, -0.2) is 14.7 Å². The molecule has 0 aromatic heterocycles. The molecule has 0 spiro atoms. The molecule has 0 radical (unpaired) electrons. The number of carbonyl (C=O) groups excluding carboxylic acids is 1. The van der Waals surface area contributed by atoms with Crippen LogP contribution < -0.4 is 9.47 Å². The summed E-state index contributed by atoms with van der Waals surface area (Å²) in [5, 5.41) is 0. The molecular formula is C28H31N4O3+. The minimum atomic E-state index is 0.130. The first-order chi connectivity index (χ1) is 17.1. The lowest BCUT2D eigenvalue weighted by Gasteiger charge is -2.60. The SMILES string of the molecule is O=C(C[N+]12CN3CN(CN(C3)C1)C2)c1cc(OCc2ccccc2)cc(OCc2ccccc2)c1. The summed E-state index contributed by atoms with van der Waals surface area (Å²) in [5.41, 5.74) is 2.81. The molecule has 4 bridgehead atoms. The van der Waals surface area contributed by atoms with Crippen LogP contribution in [-0.2, 0) is 13.2 Å². The smallest absolute Gasteiger partial charge is 0.217 e. The van der Waals surface area contributed by atoms with Crippen LogP contribution in [0.3, 0.4) is 0 Å². The first-order valence-corrected chi connectivity index (χ1v) is 12.2. The van der Waals surface area contributed by atoms with Crippen LogP contribution in [0.2, 0.25) is 0 Å². The number of ketones is 1. The molecule has 4 heterocycles. The molecule has 0 atom stereocenters. The molecule has 0 amide bonds. The zero-order valence-corrected chi connectivity index (χ0v) is 19.9. The molecule has 3 aromatic carbocycles. The number of nitrogens with zero attached hydrogens (tertiary/aromatic N) is 4. The highest BCUT2D eigenvalue weighted by Crippen LogP contribution is 2.30. The molecule has 7 nitrogen and oxygen atoms in total. The predicted molar refractivity (Wildman–Crippen MR) is 132 cm³/mol. The van der Waals surface area contributed by atoms with Crippen LogP contribution in [0.25, 0.3) is 0 Å². The lowest BCUT2D eigenvalue weighted by molar-refractivity contribution is -0.973. The van der Waals surface area contributed by atoms with Crippen molar-refractivity contribution in [3.8, 4) is 11.5 Å². The Morgan fingerprint density at radius 3 is 1.60 bits per heavy atom. The molecular weight excluding hydrogens is 440 g/mol. The van der Waals surface area contributed by atoms with E-state index in [-0.39, 0.29) is 5.78 Å². The fourth-order valence-electron chi connectivity index (χ4n) is 5.59. The van der Waals surface area contributed by atoms with Crippen molar-refractivity contribution in [2.24, 2.45) is 0 Å². The normalized spacial score (nSPS) is 26.5. The lowest BCUT2D eigenvalue weighted by Crippen LogP contribution is -2.79. The number of ether oxygens (including phenoxy) is 2. The molecule has 4 aliphatic heterocycles. The van der Waals surface area contributed by atoms with Crippen molar-refractivity contribution in [2.75, 3.05) is 46.6 Å². The highest BCUT2D eigenvalue weighted by Gasteiger charge is 2.49. The van der Waals surface area contributed by atoms with Gasteiger partial charge in [-0.3, -0.25) is 9.28 Å². The quantitative estimate of drug-likeness (QED) is 0.352. The van der Waals surface area contributed by atoms with Crippen LogP contribution in [0.4, 0.5) is 0 Å². The van der Waals surface area contributed by atoms with Crippen LogP contribution in [0.5, 0.6) is 11.5 Å². The molecule has 3 aromatic rings. The number of Topliss-reactive ketones (excluding diaryl/α,β-unsaturated/α-hetero) is 1. The van der Waals surface area contributed by atoms with Gasteiger partial charge >= 0.3 is 0 Å². The second kappa shape index (κ2) is 9.43. The second-order valence-corrected chi connectivity index (χ2v) is 10.0. The minimum absolute atomic E-state index is 0.130. The van der Waals surface area contributed by atoms with Crippen LogP contribution >= 0.6 is 0 Å². The fourth-order valence-corrected chi connectivity index (χ4v) is 5.59. The maximum Gasteiger partial charge on any atom is 0.217 e. The first-order valence-electron chi connectivity index (χ1n) is 12.2. The summed E-state index contributed by atoms with van der Waals surface area (Å²) in [4.78, 5) is 20.9. The van der Waals surface area contributed by atoms with Gasteiger partial charge in [-0.15, -0.1) is 0 Å². The molecule has 4 aliphatic rings. The Bertz CT molecular complexity index is 1090. The van der Waals surface area contributed by atoms with Crippen LogP contribution in [0.15, 0.2) is 78.9 Å². The molecule has 0 saturated carbocycles. The van der Waals surface area contributed by atoms with E-state index in [0.29, 0.717) is 36.8 Å². The van der Waals surface area contributed by atoms with Crippen LogP contribution in [0, 0.1) is 0 Å². The Hall–Kier alpha value is -3.23. The zero-order chi connectivity index (χ0) is 23.7. The van der Waals surface area contributed by atoms with Gasteiger partial charge in [-0.2, -0.15) is 0 Å². The largest absolute Gasteiger partial charge is 0.489 e. The molecule has 7 heteroatoms. The molecule has 0 N–H and O–H groups in total. The monoisotopic (exact) mass is 471 g/mol. The van der Waals surface area contributed by atoms with Crippen LogP contribution in [0.1, 0.15) is 21.5 Å². The Balaban J connectivity index is 1.22. The number of rotatable bonds is 9. The summed E-state index contributed by atoms with van der Waals surface area (Å²) in [7, 11) is 0. The summed E-state index contributed by atoms with van der Waals surface area (Å²) in [6.07, 6.45) is 0. The van der Waals surface area contributed by atoms with Gasteiger partial charge in [-0.05, 0) is 23.3 Å². The molecule has 4 saturated heterocycles. The van der Waals surface area contributed by atoms with Gasteiger partial charge in [0.25, 0.3) is 0 Å². The van der Waals surface area contributed by atoms with E-state index in [2.05, 4.69) is 14.7 Å². The van der Waals surface area contributed by atoms with E-state index in [4.69, 9.17) is 9.47 Å². The average Bonchev–Trinajstić information content (AvgIpc) is 2.86. The maximum absolute atomic E-state index is 13.6. The van der Waals surface area contributed by atoms with Gasteiger partial charge < -0.3 is 9.47 Å². The van der Waals surface area contributed by atoms with E-state index in [1.807, 2.05) is 78.9 Å². The number of quaternary nitrogens is 1. The van der Waals surface area contributed by atoms with E-state index in [0.717, 1.165) is 55.6 Å². The van der Waals surface area contributed by atoms with E-state index in [1.54, 1.807) is 0 Å². The third-order valence-corrected chi connectivity index (χ3v) is 6.88. The van der Waals surface area contributed by atoms with Crippen molar-refractivity contribution < 1.29 is 18.8 Å². The third-order valence-electron chi connectivity index (χ3n) is 6.88. The first kappa shape index (κ1) is 22.2. The molecule has 7 rings (SSSR count). The van der Waals surface area contributed by atoms with Gasteiger partial charge in [0.15, 0.2) is 0 Å². The van der Waals surface area contributed by atoms with Gasteiger partial charge in [0.1, 0.15) is 51.3 Å². The van der Waals surface area contributed by atoms with Gasteiger partial charge in [-0.1, -0.05) is 60.7 Å². The van der Waals surface area contributed by atoms with E-state index in [9.17, 15) is 4.79 Å². The zero-order valence-electron chi connectivity index (χ0n) is 19.9. The summed E-state index contributed by atoms with van der Waals surface area (Å²) in [6, 6.07) is 25.7. The van der Waals surface area contributed by atoms with Crippen molar-refractivity contribution in [3.63, 3.8) is 0 Å². The molecule has 180 valence electrons. The van der Waals surface area contributed by atoms with Gasteiger partial charge in [0.05, 0.1) is 20.0 Å². The van der Waals surface area contributed by atoms with Crippen molar-refractivity contribution in [1.29, 1.82) is 0 Å². The number of hydrogen-bond acceptors (Lipinski definition) is 6. The van der Waals surface area contributed by atoms with E-state index < -0.39 is 0 Å². The number of carbonyl (C=O) groups is 1. The standard InChI is InChI=1S/C28H31N4O3/c33-28(14-32-20-29-17-30(21-32)19-31(18-29)22-32)25-11-26(34-15-23-7-3-1-4-8-23)13-27(12-25)35-16-24-9-5-2-6-10-24/h1-13H,14-22H2/q+1. The Morgan fingerprint density at radius 1 is 0.686 bits per heavy atom. The van der Waals surface area contributed by atoms with Crippen molar-refractivity contribution in [2.45, 2.75) is 13.2 Å². The van der Waals surface area contributed by atoms with Crippen LogP contribution in [-0.4, -0.2) is 71.5 Å². The minimum Gasteiger partial charge on any atom is -0.489 e. The van der Waals surface area contributed by atoms with Crippen molar-refractivity contribution in [3.05, 3.63) is 95.6 Å². The fraction of sp³-hybridized carbons (Fsp3) is 0.321. The molecule has 4 fully saturated rings. The summed E-state index contributed by atoms with van der Waals surface area (Å²) in [6.45, 7) is 7.16. The molecule has 35 heavy (non-hydrogen) atoms. The Morgan fingerprint density at radius 2 is 1.14 bits per heavy atom. The third kappa shape index (κ3) is 5.09. The van der Waals surface area contributed by atoms with Crippen molar-refractivity contribution >= 4 is 5.78 Å².